The van der Waals surface area contributed by atoms with Gasteiger partial charge in [0.1, 0.15) is 18.2 Å². The smallest absolute Gasteiger partial charge is 0.223 e. The number of halogens is 1. The van der Waals surface area contributed by atoms with Crippen molar-refractivity contribution in [2.75, 3.05) is 26.2 Å². The number of carbonyl (C=O) groups is 1. The summed E-state index contributed by atoms with van der Waals surface area (Å²) >= 11 is 0. The molecule has 2 aromatic rings. The van der Waals surface area contributed by atoms with E-state index in [0.717, 1.165) is 11.3 Å². The fourth-order valence-corrected chi connectivity index (χ4v) is 5.00. The highest BCUT2D eigenvalue weighted by Crippen LogP contribution is 2.22. The molecule has 0 unspecified atom stereocenters. The largest absolute Gasteiger partial charge is 0.492 e. The van der Waals surface area contributed by atoms with Crippen molar-refractivity contribution in [3.8, 4) is 5.75 Å². The monoisotopic (exact) mass is 434 g/mol. The molecule has 1 aliphatic rings. The number of benzene rings is 2. The highest BCUT2D eigenvalue weighted by molar-refractivity contribution is 7.88. The number of nitrogens with one attached hydrogen (secondary N) is 1. The predicted octanol–water partition coefficient (Wildman–Crippen LogP) is 2.87. The Balaban J connectivity index is 1.41. The van der Waals surface area contributed by atoms with Gasteiger partial charge in [0.05, 0.1) is 12.3 Å². The summed E-state index contributed by atoms with van der Waals surface area (Å²) < 4.78 is 45.9. The lowest BCUT2D eigenvalue weighted by molar-refractivity contribution is -0.126. The molecule has 30 heavy (non-hydrogen) atoms. The van der Waals surface area contributed by atoms with E-state index in [9.17, 15) is 17.6 Å². The van der Waals surface area contributed by atoms with Crippen molar-refractivity contribution in [2.45, 2.75) is 25.5 Å². The summed E-state index contributed by atoms with van der Waals surface area (Å²) in [7, 11) is -3.62. The molecule has 1 fully saturated rings. The SMILES string of the molecule is Cc1ccc(OCCNC(=O)C2CCN(S(=O)(=O)Cc3ccccc3F)CC2)cc1. The van der Waals surface area contributed by atoms with E-state index < -0.39 is 15.8 Å². The molecule has 1 saturated heterocycles. The third-order valence-corrected chi connectivity index (χ3v) is 7.03. The maximum Gasteiger partial charge on any atom is 0.223 e. The van der Waals surface area contributed by atoms with Crippen LogP contribution in [0, 0.1) is 18.7 Å². The molecule has 0 aromatic heterocycles. The van der Waals surface area contributed by atoms with Crippen molar-refractivity contribution < 1.29 is 22.3 Å². The van der Waals surface area contributed by atoms with Crippen LogP contribution in [0.2, 0.25) is 0 Å². The van der Waals surface area contributed by atoms with Crippen LogP contribution in [0.3, 0.4) is 0 Å². The minimum atomic E-state index is -3.62. The molecule has 1 aliphatic heterocycles. The summed E-state index contributed by atoms with van der Waals surface area (Å²) in [6.45, 7) is 3.27. The van der Waals surface area contributed by atoms with Crippen molar-refractivity contribution >= 4 is 15.9 Å². The normalized spacial score (nSPS) is 15.7. The van der Waals surface area contributed by atoms with Crippen molar-refractivity contribution in [3.05, 3.63) is 65.5 Å². The van der Waals surface area contributed by atoms with E-state index in [1.165, 1.54) is 22.5 Å². The van der Waals surface area contributed by atoms with Crippen LogP contribution in [0.15, 0.2) is 48.5 Å². The van der Waals surface area contributed by atoms with E-state index in [0.29, 0.717) is 26.0 Å². The quantitative estimate of drug-likeness (QED) is 0.649. The van der Waals surface area contributed by atoms with Gasteiger partial charge in [0.2, 0.25) is 15.9 Å². The molecule has 0 spiro atoms. The van der Waals surface area contributed by atoms with Gasteiger partial charge in [0.15, 0.2) is 0 Å². The minimum Gasteiger partial charge on any atom is -0.492 e. The molecule has 0 radical (unpaired) electrons. The van der Waals surface area contributed by atoms with Crippen molar-refractivity contribution in [2.24, 2.45) is 5.92 Å². The fraction of sp³-hybridized carbons (Fsp3) is 0.409. The molecule has 0 bridgehead atoms. The van der Waals surface area contributed by atoms with E-state index in [1.807, 2.05) is 31.2 Å². The first-order valence-corrected chi connectivity index (χ1v) is 11.6. The number of amides is 1. The number of ether oxygens (including phenoxy) is 1. The summed E-state index contributed by atoms with van der Waals surface area (Å²) in [5, 5.41) is 2.85. The Morgan fingerprint density at radius 2 is 1.80 bits per heavy atom. The van der Waals surface area contributed by atoms with Crippen LogP contribution in [0.5, 0.6) is 5.75 Å². The van der Waals surface area contributed by atoms with Crippen molar-refractivity contribution in [3.63, 3.8) is 0 Å². The molecular weight excluding hydrogens is 407 g/mol. The third kappa shape index (κ3) is 6.03. The number of carbonyl (C=O) groups excluding carboxylic acids is 1. The molecule has 1 heterocycles. The zero-order chi connectivity index (χ0) is 21.6. The van der Waals surface area contributed by atoms with Gasteiger partial charge in [-0.3, -0.25) is 4.79 Å². The second-order valence-electron chi connectivity index (χ2n) is 7.47. The molecule has 8 heteroatoms. The van der Waals surface area contributed by atoms with Gasteiger partial charge in [0.25, 0.3) is 0 Å². The molecule has 0 saturated carbocycles. The van der Waals surface area contributed by atoms with Gasteiger partial charge in [-0.25, -0.2) is 17.1 Å². The lowest BCUT2D eigenvalue weighted by Crippen LogP contribution is -2.44. The Labute approximate surface area is 177 Å². The molecule has 0 aliphatic carbocycles. The zero-order valence-corrected chi connectivity index (χ0v) is 17.8. The Hall–Kier alpha value is -2.45. The first-order chi connectivity index (χ1) is 14.3. The van der Waals surface area contributed by atoms with Crippen LogP contribution in [0.4, 0.5) is 4.39 Å². The summed E-state index contributed by atoms with van der Waals surface area (Å²) in [6.07, 6.45) is 0.891. The van der Waals surface area contributed by atoms with E-state index in [1.54, 1.807) is 6.07 Å². The maximum atomic E-state index is 13.8. The predicted molar refractivity (Wildman–Crippen MR) is 113 cm³/mol. The molecule has 1 amide bonds. The van der Waals surface area contributed by atoms with E-state index in [-0.39, 0.29) is 36.2 Å². The number of hydrogen-bond donors (Lipinski definition) is 1. The van der Waals surface area contributed by atoms with Crippen LogP contribution in [-0.2, 0) is 20.6 Å². The Morgan fingerprint density at radius 3 is 2.47 bits per heavy atom. The average Bonchev–Trinajstić information content (AvgIpc) is 2.74. The average molecular weight is 435 g/mol. The summed E-state index contributed by atoms with van der Waals surface area (Å²) in [6, 6.07) is 13.6. The highest BCUT2D eigenvalue weighted by atomic mass is 32.2. The number of piperidine rings is 1. The van der Waals surface area contributed by atoms with Crippen molar-refractivity contribution in [1.29, 1.82) is 0 Å². The minimum absolute atomic E-state index is 0.0892. The van der Waals surface area contributed by atoms with E-state index in [2.05, 4.69) is 5.32 Å². The molecule has 0 atom stereocenters. The molecule has 2 aromatic carbocycles. The molecule has 162 valence electrons. The second-order valence-corrected chi connectivity index (χ2v) is 9.44. The summed E-state index contributed by atoms with van der Waals surface area (Å²) in [5.74, 6) is -0.461. The van der Waals surface area contributed by atoms with Crippen LogP contribution >= 0.6 is 0 Å². The van der Waals surface area contributed by atoms with Gasteiger partial charge in [-0.05, 0) is 38.0 Å². The van der Waals surface area contributed by atoms with Gasteiger partial charge in [-0.15, -0.1) is 0 Å². The Morgan fingerprint density at radius 1 is 1.13 bits per heavy atom. The number of sulfonamides is 1. The van der Waals surface area contributed by atoms with Crippen LogP contribution in [0.1, 0.15) is 24.0 Å². The first-order valence-electron chi connectivity index (χ1n) is 10.0. The highest BCUT2D eigenvalue weighted by Gasteiger charge is 2.31. The zero-order valence-electron chi connectivity index (χ0n) is 17.0. The standard InChI is InChI=1S/C22H27FN2O4S/c1-17-6-8-20(9-7-17)29-15-12-24-22(26)18-10-13-25(14-11-18)30(27,28)16-19-4-2-3-5-21(19)23/h2-9,18H,10-16H2,1H3,(H,24,26). The van der Waals surface area contributed by atoms with Crippen LogP contribution in [-0.4, -0.2) is 44.9 Å². The van der Waals surface area contributed by atoms with Gasteiger partial charge in [-0.1, -0.05) is 35.9 Å². The third-order valence-electron chi connectivity index (χ3n) is 5.20. The lowest BCUT2D eigenvalue weighted by Gasteiger charge is -2.30. The number of aryl methyl sites for hydroxylation is 1. The molecule has 6 nitrogen and oxygen atoms in total. The topological polar surface area (TPSA) is 75.7 Å². The molecule has 3 rings (SSSR count). The van der Waals surface area contributed by atoms with Gasteiger partial charge < -0.3 is 10.1 Å². The van der Waals surface area contributed by atoms with Gasteiger partial charge in [-0.2, -0.15) is 0 Å². The van der Waals surface area contributed by atoms with Crippen LogP contribution in [0.25, 0.3) is 0 Å². The summed E-state index contributed by atoms with van der Waals surface area (Å²) in [4.78, 5) is 12.4. The van der Waals surface area contributed by atoms with E-state index in [4.69, 9.17) is 4.74 Å². The number of rotatable bonds is 8. The van der Waals surface area contributed by atoms with Gasteiger partial charge >= 0.3 is 0 Å². The lowest BCUT2D eigenvalue weighted by atomic mass is 9.97. The van der Waals surface area contributed by atoms with Crippen LogP contribution < -0.4 is 10.1 Å². The molecular formula is C22H27FN2O4S. The first kappa shape index (κ1) is 22.2. The molecule has 1 N–H and O–H groups in total. The van der Waals surface area contributed by atoms with Crippen molar-refractivity contribution in [1.82, 2.24) is 9.62 Å². The Kier molecular flexibility index (Phi) is 7.44. The Bertz CT molecular complexity index is 955. The summed E-state index contributed by atoms with van der Waals surface area (Å²) in [5.41, 5.74) is 1.31. The second kappa shape index (κ2) is 10.0. The number of hydrogen-bond acceptors (Lipinski definition) is 4. The van der Waals surface area contributed by atoms with Gasteiger partial charge in [0, 0.05) is 24.6 Å². The number of nitrogens with zero attached hydrogens (tertiary/aromatic N) is 1. The fourth-order valence-electron chi connectivity index (χ4n) is 3.42. The maximum absolute atomic E-state index is 13.8. The van der Waals surface area contributed by atoms with E-state index >= 15 is 0 Å².